The quantitative estimate of drug-likeness (QED) is 0.0282. The summed E-state index contributed by atoms with van der Waals surface area (Å²) < 4.78 is 16.6. The third kappa shape index (κ3) is 35.5. The molecule has 6 nitrogen and oxygen atoms in total. The molecule has 0 saturated carbocycles. The van der Waals surface area contributed by atoms with Crippen LogP contribution in [0, 0.1) is 0 Å². The van der Waals surface area contributed by atoms with Gasteiger partial charge in [-0.25, -0.2) is 0 Å². The van der Waals surface area contributed by atoms with Gasteiger partial charge in [0.2, 0.25) is 0 Å². The predicted molar refractivity (Wildman–Crippen MR) is 201 cm³/mol. The van der Waals surface area contributed by atoms with Crippen molar-refractivity contribution in [3.05, 3.63) is 12.2 Å². The van der Waals surface area contributed by atoms with Gasteiger partial charge in [0.05, 0.1) is 0 Å². The standard InChI is InChI=1S/C42H78O6/c1-4-7-10-13-16-19-21-23-26-29-32-35-41(44)47-38-39(37-46-40(43)34-31-28-25-18-15-12-9-6-3)48-42(45)36-33-30-27-24-22-20-17-14-11-8-5-2/h13,16,39H,4-12,14-15,17-38H2,1-3H3/b16-13-. The number of carbonyl (C=O) groups is 3. The average Bonchev–Trinajstić information content (AvgIpc) is 3.08. The smallest absolute Gasteiger partial charge is 0.306 e. The topological polar surface area (TPSA) is 78.9 Å². The molecule has 0 N–H and O–H groups in total. The molecule has 0 aliphatic carbocycles. The summed E-state index contributed by atoms with van der Waals surface area (Å²) >= 11 is 0. The van der Waals surface area contributed by atoms with Crippen molar-refractivity contribution in [2.75, 3.05) is 13.2 Å². The van der Waals surface area contributed by atoms with Crippen molar-refractivity contribution in [3.8, 4) is 0 Å². The summed E-state index contributed by atoms with van der Waals surface area (Å²) in [7, 11) is 0. The molecule has 0 aromatic carbocycles. The second kappa shape index (κ2) is 38.0. The van der Waals surface area contributed by atoms with E-state index in [1.165, 1.54) is 116 Å². The highest BCUT2D eigenvalue weighted by molar-refractivity contribution is 5.71. The van der Waals surface area contributed by atoms with E-state index in [0.717, 1.165) is 64.2 Å². The van der Waals surface area contributed by atoms with Crippen molar-refractivity contribution in [2.45, 2.75) is 226 Å². The van der Waals surface area contributed by atoms with Gasteiger partial charge in [-0.3, -0.25) is 14.4 Å². The third-order valence-electron chi connectivity index (χ3n) is 9.02. The van der Waals surface area contributed by atoms with Gasteiger partial charge in [-0.2, -0.15) is 0 Å². The first-order valence-electron chi connectivity index (χ1n) is 20.7. The van der Waals surface area contributed by atoms with Crippen LogP contribution in [0.3, 0.4) is 0 Å². The largest absolute Gasteiger partial charge is 0.462 e. The molecule has 0 aromatic heterocycles. The Bertz CT molecular complexity index is 748. The van der Waals surface area contributed by atoms with E-state index in [9.17, 15) is 14.4 Å². The summed E-state index contributed by atoms with van der Waals surface area (Å²) in [6, 6.07) is 0. The van der Waals surface area contributed by atoms with Crippen LogP contribution >= 0.6 is 0 Å². The van der Waals surface area contributed by atoms with Crippen molar-refractivity contribution >= 4 is 17.9 Å². The Labute approximate surface area is 297 Å². The lowest BCUT2D eigenvalue weighted by atomic mass is 10.1. The Kier molecular flexibility index (Phi) is 36.5. The first kappa shape index (κ1) is 46.1. The zero-order valence-corrected chi connectivity index (χ0v) is 32.0. The molecule has 0 aliphatic heterocycles. The van der Waals surface area contributed by atoms with Crippen molar-refractivity contribution in [1.29, 1.82) is 0 Å². The van der Waals surface area contributed by atoms with Crippen molar-refractivity contribution < 1.29 is 28.6 Å². The van der Waals surface area contributed by atoms with E-state index in [0.29, 0.717) is 19.3 Å². The van der Waals surface area contributed by atoms with Crippen LogP contribution in [-0.2, 0) is 28.6 Å². The van der Waals surface area contributed by atoms with E-state index in [-0.39, 0.29) is 31.1 Å². The van der Waals surface area contributed by atoms with Crippen LogP contribution in [0.4, 0.5) is 0 Å². The number of rotatable bonds is 37. The summed E-state index contributed by atoms with van der Waals surface area (Å²) in [4.78, 5) is 37.4. The van der Waals surface area contributed by atoms with Crippen molar-refractivity contribution in [1.82, 2.24) is 0 Å². The molecule has 48 heavy (non-hydrogen) atoms. The molecule has 1 unspecified atom stereocenters. The minimum absolute atomic E-state index is 0.0694. The number of hydrogen-bond donors (Lipinski definition) is 0. The maximum absolute atomic E-state index is 12.6. The molecule has 0 amide bonds. The summed E-state index contributed by atoms with van der Waals surface area (Å²) in [5.74, 6) is -0.882. The molecule has 0 rings (SSSR count). The summed E-state index contributed by atoms with van der Waals surface area (Å²) in [6.07, 6.45) is 37.7. The van der Waals surface area contributed by atoms with Crippen LogP contribution in [0.1, 0.15) is 220 Å². The molecule has 0 heterocycles. The lowest BCUT2D eigenvalue weighted by Gasteiger charge is -2.18. The van der Waals surface area contributed by atoms with Gasteiger partial charge < -0.3 is 14.2 Å². The van der Waals surface area contributed by atoms with Crippen LogP contribution in [0.5, 0.6) is 0 Å². The summed E-state index contributed by atoms with van der Waals surface area (Å²) in [6.45, 7) is 6.55. The van der Waals surface area contributed by atoms with E-state index in [1.807, 2.05) is 0 Å². The van der Waals surface area contributed by atoms with Gasteiger partial charge in [0.1, 0.15) is 13.2 Å². The minimum atomic E-state index is -0.762. The highest BCUT2D eigenvalue weighted by atomic mass is 16.6. The van der Waals surface area contributed by atoms with Crippen LogP contribution in [0.2, 0.25) is 0 Å². The van der Waals surface area contributed by atoms with Crippen molar-refractivity contribution in [3.63, 3.8) is 0 Å². The minimum Gasteiger partial charge on any atom is -0.462 e. The molecule has 0 radical (unpaired) electrons. The summed E-state index contributed by atoms with van der Waals surface area (Å²) in [5.41, 5.74) is 0. The third-order valence-corrected chi connectivity index (χ3v) is 9.02. The normalized spacial score (nSPS) is 12.0. The van der Waals surface area contributed by atoms with Gasteiger partial charge in [0, 0.05) is 19.3 Å². The fourth-order valence-electron chi connectivity index (χ4n) is 5.83. The van der Waals surface area contributed by atoms with Crippen LogP contribution in [-0.4, -0.2) is 37.2 Å². The molecule has 282 valence electrons. The number of carbonyl (C=O) groups excluding carboxylic acids is 3. The first-order valence-corrected chi connectivity index (χ1v) is 20.7. The highest BCUT2D eigenvalue weighted by Crippen LogP contribution is 2.14. The zero-order valence-electron chi connectivity index (χ0n) is 32.0. The average molecular weight is 679 g/mol. The van der Waals surface area contributed by atoms with Crippen LogP contribution in [0.15, 0.2) is 12.2 Å². The fourth-order valence-corrected chi connectivity index (χ4v) is 5.83. The summed E-state index contributed by atoms with van der Waals surface area (Å²) in [5, 5.41) is 0. The monoisotopic (exact) mass is 679 g/mol. The van der Waals surface area contributed by atoms with Gasteiger partial charge in [0.15, 0.2) is 6.10 Å². The van der Waals surface area contributed by atoms with Crippen LogP contribution < -0.4 is 0 Å². The van der Waals surface area contributed by atoms with Gasteiger partial charge in [-0.15, -0.1) is 0 Å². The number of esters is 3. The molecule has 1 atom stereocenters. The van der Waals surface area contributed by atoms with Crippen molar-refractivity contribution in [2.24, 2.45) is 0 Å². The molecule has 0 aromatic rings. The lowest BCUT2D eigenvalue weighted by molar-refractivity contribution is -0.167. The Hall–Kier alpha value is -1.85. The molecular weight excluding hydrogens is 600 g/mol. The maximum Gasteiger partial charge on any atom is 0.306 e. The molecule has 0 spiro atoms. The van der Waals surface area contributed by atoms with Gasteiger partial charge in [-0.1, -0.05) is 174 Å². The van der Waals surface area contributed by atoms with Gasteiger partial charge in [0.25, 0.3) is 0 Å². The molecule has 0 aliphatic rings. The zero-order chi connectivity index (χ0) is 35.2. The second-order valence-corrected chi connectivity index (χ2v) is 13.9. The van der Waals surface area contributed by atoms with E-state index >= 15 is 0 Å². The number of allylic oxidation sites excluding steroid dienone is 2. The van der Waals surface area contributed by atoms with E-state index < -0.39 is 6.10 Å². The molecule has 6 heteroatoms. The predicted octanol–water partition coefficient (Wildman–Crippen LogP) is 12.7. The number of unbranched alkanes of at least 4 members (excludes halogenated alkanes) is 24. The Morgan fingerprint density at radius 3 is 1.10 bits per heavy atom. The molecular formula is C42H78O6. The second-order valence-electron chi connectivity index (χ2n) is 13.9. The number of ether oxygens (including phenoxy) is 3. The van der Waals surface area contributed by atoms with E-state index in [2.05, 4.69) is 32.9 Å². The molecule has 0 saturated heterocycles. The maximum atomic E-state index is 12.6. The molecule has 0 fully saturated rings. The van der Waals surface area contributed by atoms with Crippen LogP contribution in [0.25, 0.3) is 0 Å². The molecule has 0 bridgehead atoms. The highest BCUT2D eigenvalue weighted by Gasteiger charge is 2.19. The Morgan fingerprint density at radius 2 is 0.708 bits per heavy atom. The van der Waals surface area contributed by atoms with Gasteiger partial charge >= 0.3 is 17.9 Å². The fraction of sp³-hybridized carbons (Fsp3) is 0.881. The Balaban J connectivity index is 4.35. The van der Waals surface area contributed by atoms with Gasteiger partial charge in [-0.05, 0) is 38.5 Å². The Morgan fingerprint density at radius 1 is 0.396 bits per heavy atom. The SMILES string of the molecule is CCCC/C=C\CCCCCCCC(=O)OCC(COC(=O)CCCCCCCCCC)OC(=O)CCCCCCCCCCCCC. The van der Waals surface area contributed by atoms with E-state index in [4.69, 9.17) is 14.2 Å². The lowest BCUT2D eigenvalue weighted by Crippen LogP contribution is -2.30. The first-order chi connectivity index (χ1) is 23.5. The number of hydrogen-bond acceptors (Lipinski definition) is 6. The van der Waals surface area contributed by atoms with E-state index in [1.54, 1.807) is 0 Å².